The van der Waals surface area contributed by atoms with Gasteiger partial charge in [0.05, 0.1) is 0 Å². The van der Waals surface area contributed by atoms with Crippen LogP contribution in [-0.2, 0) is 11.3 Å². The molecule has 0 unspecified atom stereocenters. The Morgan fingerprint density at radius 3 is 2.14 bits per heavy atom. The summed E-state index contributed by atoms with van der Waals surface area (Å²) >= 11 is 0. The highest BCUT2D eigenvalue weighted by Crippen LogP contribution is 2.22. The van der Waals surface area contributed by atoms with Crippen molar-refractivity contribution in [3.8, 4) is 5.75 Å². The minimum Gasteiger partial charge on any atom is -0.503 e. The Morgan fingerprint density at radius 2 is 1.62 bits per heavy atom. The summed E-state index contributed by atoms with van der Waals surface area (Å²) in [5.74, 6) is -3.12. The molecule has 2 aromatic carbocycles. The van der Waals surface area contributed by atoms with Crippen LogP contribution in [-0.4, -0.2) is 11.0 Å². The van der Waals surface area contributed by atoms with Crippen LogP contribution in [0.25, 0.3) is 0 Å². The van der Waals surface area contributed by atoms with Crippen molar-refractivity contribution in [1.29, 1.82) is 0 Å². The van der Waals surface area contributed by atoms with Gasteiger partial charge >= 0.3 is 0 Å². The van der Waals surface area contributed by atoms with Crippen molar-refractivity contribution in [3.05, 3.63) is 53.6 Å². The predicted octanol–water partition coefficient (Wildman–Crippen LogP) is 3.24. The Morgan fingerprint density at radius 1 is 1.10 bits per heavy atom. The summed E-state index contributed by atoms with van der Waals surface area (Å²) in [6.07, 6.45) is 0. The molecule has 0 heterocycles. The molecule has 4 nitrogen and oxygen atoms in total. The van der Waals surface area contributed by atoms with E-state index < -0.39 is 17.4 Å². The Kier molecular flexibility index (Phi) is 4.37. The van der Waals surface area contributed by atoms with Gasteiger partial charge in [-0.1, -0.05) is 0 Å². The maximum Gasteiger partial charge on any atom is 0.221 e. The van der Waals surface area contributed by atoms with E-state index in [1.165, 1.54) is 6.92 Å². The fraction of sp³-hybridized carbons (Fsp3) is 0.133. The highest BCUT2D eigenvalue weighted by Gasteiger charge is 2.09. The average molecular weight is 292 g/mol. The number of aromatic hydroxyl groups is 1. The van der Waals surface area contributed by atoms with Gasteiger partial charge in [0.15, 0.2) is 17.4 Å². The summed E-state index contributed by atoms with van der Waals surface area (Å²) in [6, 6.07) is 9.02. The van der Waals surface area contributed by atoms with Gasteiger partial charge in [-0.05, 0) is 42.0 Å². The van der Waals surface area contributed by atoms with Crippen LogP contribution in [0.4, 0.5) is 20.2 Å². The van der Waals surface area contributed by atoms with Crippen molar-refractivity contribution < 1.29 is 18.7 Å². The molecule has 0 spiro atoms. The number of phenols is 1. The third-order valence-corrected chi connectivity index (χ3v) is 2.78. The lowest BCUT2D eigenvalue weighted by atomic mass is 10.2. The van der Waals surface area contributed by atoms with E-state index in [-0.39, 0.29) is 12.5 Å². The molecule has 21 heavy (non-hydrogen) atoms. The molecule has 1 amide bonds. The number of carbonyl (C=O) groups excluding carboxylic acids is 1. The lowest BCUT2D eigenvalue weighted by molar-refractivity contribution is -0.114. The number of hydrogen-bond acceptors (Lipinski definition) is 3. The maximum absolute atomic E-state index is 13.2. The smallest absolute Gasteiger partial charge is 0.221 e. The third kappa shape index (κ3) is 3.92. The zero-order chi connectivity index (χ0) is 15.4. The van der Waals surface area contributed by atoms with E-state index in [4.69, 9.17) is 5.11 Å². The standard InChI is InChI=1S/C15H14F2N2O2/c1-9(20)19-12-4-2-11(3-5-12)18-8-10-6-13(16)15(21)14(17)7-10/h2-7,18,21H,8H2,1H3,(H,19,20). The van der Waals surface area contributed by atoms with Crippen LogP contribution in [0.2, 0.25) is 0 Å². The monoisotopic (exact) mass is 292 g/mol. The van der Waals surface area contributed by atoms with Crippen molar-refractivity contribution in [2.75, 3.05) is 10.6 Å². The van der Waals surface area contributed by atoms with E-state index in [0.29, 0.717) is 11.3 Å². The number of halogens is 2. The average Bonchev–Trinajstić information content (AvgIpc) is 2.43. The largest absolute Gasteiger partial charge is 0.503 e. The van der Waals surface area contributed by atoms with Gasteiger partial charge in [0, 0.05) is 24.8 Å². The quantitative estimate of drug-likeness (QED) is 0.810. The Balaban J connectivity index is 2.01. The number of amides is 1. The van der Waals surface area contributed by atoms with Crippen LogP contribution in [0, 0.1) is 11.6 Å². The molecule has 2 rings (SSSR count). The zero-order valence-electron chi connectivity index (χ0n) is 11.3. The number of carbonyl (C=O) groups is 1. The molecule has 0 bridgehead atoms. The Labute approximate surface area is 120 Å². The van der Waals surface area contributed by atoms with Gasteiger partial charge in [-0.3, -0.25) is 4.79 Å². The Bertz CT molecular complexity index is 634. The first-order valence-electron chi connectivity index (χ1n) is 6.24. The van der Waals surface area contributed by atoms with Gasteiger partial charge in [0.25, 0.3) is 0 Å². The maximum atomic E-state index is 13.2. The van der Waals surface area contributed by atoms with Gasteiger partial charge in [-0.25, -0.2) is 8.78 Å². The van der Waals surface area contributed by atoms with Crippen LogP contribution < -0.4 is 10.6 Å². The van der Waals surface area contributed by atoms with Crippen LogP contribution in [0.1, 0.15) is 12.5 Å². The first kappa shape index (κ1) is 14.8. The summed E-state index contributed by atoms with van der Waals surface area (Å²) < 4.78 is 26.4. The minimum absolute atomic E-state index is 0.161. The number of rotatable bonds is 4. The Hall–Kier alpha value is -2.63. The summed E-state index contributed by atoms with van der Waals surface area (Å²) in [7, 11) is 0. The molecule has 0 atom stereocenters. The fourth-order valence-corrected chi connectivity index (χ4v) is 1.80. The molecular formula is C15H14F2N2O2. The molecule has 0 aromatic heterocycles. The second-order valence-corrected chi connectivity index (χ2v) is 4.52. The molecule has 2 aromatic rings. The van der Waals surface area contributed by atoms with E-state index in [1.807, 2.05) is 0 Å². The number of hydrogen-bond donors (Lipinski definition) is 3. The van der Waals surface area contributed by atoms with E-state index in [1.54, 1.807) is 24.3 Å². The molecule has 0 radical (unpaired) electrons. The van der Waals surface area contributed by atoms with E-state index >= 15 is 0 Å². The molecule has 3 N–H and O–H groups in total. The summed E-state index contributed by atoms with van der Waals surface area (Å²) in [5.41, 5.74) is 1.77. The zero-order valence-corrected chi connectivity index (χ0v) is 11.3. The highest BCUT2D eigenvalue weighted by molar-refractivity contribution is 5.88. The normalized spacial score (nSPS) is 10.2. The molecule has 0 aliphatic heterocycles. The van der Waals surface area contributed by atoms with E-state index in [9.17, 15) is 13.6 Å². The molecule has 0 saturated carbocycles. The predicted molar refractivity (Wildman–Crippen MR) is 76.1 cm³/mol. The number of nitrogens with one attached hydrogen (secondary N) is 2. The first-order valence-corrected chi connectivity index (χ1v) is 6.24. The highest BCUT2D eigenvalue weighted by atomic mass is 19.1. The van der Waals surface area contributed by atoms with Gasteiger partial charge in [0.1, 0.15) is 0 Å². The summed E-state index contributed by atoms with van der Waals surface area (Å²) in [6.45, 7) is 1.62. The van der Waals surface area contributed by atoms with E-state index in [2.05, 4.69) is 10.6 Å². The van der Waals surface area contributed by atoms with Gasteiger partial charge in [-0.2, -0.15) is 0 Å². The first-order chi connectivity index (χ1) is 9.95. The second kappa shape index (κ2) is 6.21. The molecule has 0 fully saturated rings. The SMILES string of the molecule is CC(=O)Nc1ccc(NCc2cc(F)c(O)c(F)c2)cc1. The van der Waals surface area contributed by atoms with Crippen LogP contribution in [0.15, 0.2) is 36.4 Å². The number of phenolic OH excluding ortho intramolecular Hbond substituents is 1. The third-order valence-electron chi connectivity index (χ3n) is 2.78. The molecule has 0 aliphatic carbocycles. The van der Waals surface area contributed by atoms with Crippen molar-refractivity contribution in [2.45, 2.75) is 13.5 Å². The van der Waals surface area contributed by atoms with Gasteiger partial charge in [-0.15, -0.1) is 0 Å². The molecule has 0 saturated heterocycles. The van der Waals surface area contributed by atoms with Gasteiger partial charge in [0.2, 0.25) is 5.91 Å². The molecule has 0 aliphatic rings. The lowest BCUT2D eigenvalue weighted by Gasteiger charge is -2.09. The van der Waals surface area contributed by atoms with Crippen LogP contribution in [0.3, 0.4) is 0 Å². The van der Waals surface area contributed by atoms with Crippen molar-refractivity contribution >= 4 is 17.3 Å². The van der Waals surface area contributed by atoms with E-state index in [0.717, 1.165) is 17.8 Å². The minimum atomic E-state index is -0.993. The second-order valence-electron chi connectivity index (χ2n) is 4.52. The summed E-state index contributed by atoms with van der Waals surface area (Å²) in [5, 5.41) is 14.6. The van der Waals surface area contributed by atoms with Gasteiger partial charge < -0.3 is 15.7 Å². The van der Waals surface area contributed by atoms with Crippen molar-refractivity contribution in [2.24, 2.45) is 0 Å². The number of anilines is 2. The lowest BCUT2D eigenvalue weighted by Crippen LogP contribution is -2.06. The van der Waals surface area contributed by atoms with Crippen molar-refractivity contribution in [1.82, 2.24) is 0 Å². The van der Waals surface area contributed by atoms with Crippen molar-refractivity contribution in [3.63, 3.8) is 0 Å². The molecule has 6 heteroatoms. The molecule has 110 valence electrons. The molecular weight excluding hydrogens is 278 g/mol. The summed E-state index contributed by atoms with van der Waals surface area (Å²) in [4.78, 5) is 10.9. The topological polar surface area (TPSA) is 61.4 Å². The number of benzene rings is 2. The van der Waals surface area contributed by atoms with Crippen LogP contribution >= 0.6 is 0 Å². The fourth-order valence-electron chi connectivity index (χ4n) is 1.80. The van der Waals surface area contributed by atoms with Crippen LogP contribution in [0.5, 0.6) is 5.75 Å².